The molecule has 2 rings (SSSR count). The molecule has 6 nitrogen and oxygen atoms in total. The van der Waals surface area contributed by atoms with Gasteiger partial charge in [0.2, 0.25) is 0 Å². The van der Waals surface area contributed by atoms with E-state index in [1.165, 1.54) is 0 Å². The zero-order chi connectivity index (χ0) is 16.5. The average Bonchev–Trinajstić information content (AvgIpc) is 2.92. The van der Waals surface area contributed by atoms with E-state index >= 15 is 0 Å². The lowest BCUT2D eigenvalue weighted by atomic mass is 10.1. The summed E-state index contributed by atoms with van der Waals surface area (Å²) in [4.78, 5) is 16.6. The second-order valence-electron chi connectivity index (χ2n) is 6.21. The van der Waals surface area contributed by atoms with E-state index in [0.29, 0.717) is 30.8 Å². The number of nitrogens with zero attached hydrogens (tertiary/aromatic N) is 2. The van der Waals surface area contributed by atoms with Gasteiger partial charge in [-0.05, 0) is 34.4 Å². The first-order valence-electron chi connectivity index (χ1n) is 7.42. The summed E-state index contributed by atoms with van der Waals surface area (Å²) < 4.78 is 28.8. The molecule has 1 unspecified atom stereocenters. The summed E-state index contributed by atoms with van der Waals surface area (Å²) in [5.74, 6) is 0.667. The van der Waals surface area contributed by atoms with Crippen molar-refractivity contribution in [2.24, 2.45) is 0 Å². The fourth-order valence-electron chi connectivity index (χ4n) is 2.81. The molecule has 0 saturated carbocycles. The summed E-state index contributed by atoms with van der Waals surface area (Å²) in [6.07, 6.45) is 2.08. The third kappa shape index (κ3) is 3.70. The highest BCUT2D eigenvalue weighted by Gasteiger charge is 2.36. The molecule has 0 aliphatic carbocycles. The Morgan fingerprint density at radius 3 is 2.45 bits per heavy atom. The number of furan rings is 1. The molecule has 1 aromatic rings. The lowest BCUT2D eigenvalue weighted by molar-refractivity contribution is 0.0681. The molecule has 1 atom stereocenters. The van der Waals surface area contributed by atoms with Crippen LogP contribution in [-0.2, 0) is 9.84 Å². The number of amides is 1. The zero-order valence-corrected chi connectivity index (χ0v) is 14.4. The molecule has 0 radical (unpaired) electrons. The van der Waals surface area contributed by atoms with Crippen LogP contribution >= 0.6 is 0 Å². The minimum atomic E-state index is -3.03. The molecular weight excluding hydrogens is 304 g/mol. The number of hydrogen-bond acceptors (Lipinski definition) is 5. The number of hydrogen-bond donors (Lipinski definition) is 0. The highest BCUT2D eigenvalue weighted by Crippen LogP contribution is 2.23. The quantitative estimate of drug-likeness (QED) is 0.809. The standard InChI is InChI=1S/C15H24N2O4S/c1-11-9-21-12(2)14(11)15(18)17(7-6-16(3)4)13-5-8-22(19,20)10-13/h9,13H,5-8,10H2,1-4H3. The summed E-state index contributed by atoms with van der Waals surface area (Å²) >= 11 is 0. The maximum Gasteiger partial charge on any atom is 0.257 e. The Morgan fingerprint density at radius 1 is 1.32 bits per heavy atom. The maximum absolute atomic E-state index is 12.9. The topological polar surface area (TPSA) is 70.8 Å². The van der Waals surface area contributed by atoms with Gasteiger partial charge >= 0.3 is 0 Å². The fourth-order valence-corrected chi connectivity index (χ4v) is 4.54. The highest BCUT2D eigenvalue weighted by atomic mass is 32.2. The zero-order valence-electron chi connectivity index (χ0n) is 13.6. The monoisotopic (exact) mass is 328 g/mol. The van der Waals surface area contributed by atoms with Crippen molar-refractivity contribution in [1.29, 1.82) is 0 Å². The van der Waals surface area contributed by atoms with Crippen molar-refractivity contribution < 1.29 is 17.6 Å². The predicted molar refractivity (Wildman–Crippen MR) is 84.8 cm³/mol. The average molecular weight is 328 g/mol. The van der Waals surface area contributed by atoms with Crippen molar-refractivity contribution in [2.45, 2.75) is 26.3 Å². The van der Waals surface area contributed by atoms with Gasteiger partial charge in [-0.25, -0.2) is 8.42 Å². The first kappa shape index (κ1) is 17.0. The Kier molecular flexibility index (Phi) is 4.97. The van der Waals surface area contributed by atoms with Crippen LogP contribution in [0.25, 0.3) is 0 Å². The van der Waals surface area contributed by atoms with Crippen LogP contribution in [0.4, 0.5) is 0 Å². The summed E-state index contributed by atoms with van der Waals surface area (Å²) in [6.45, 7) is 4.79. The second kappa shape index (κ2) is 6.42. The first-order chi connectivity index (χ1) is 10.2. The Hall–Kier alpha value is -1.34. The largest absolute Gasteiger partial charge is 0.469 e. The molecule has 1 amide bonds. The molecule has 22 heavy (non-hydrogen) atoms. The Morgan fingerprint density at radius 2 is 2.00 bits per heavy atom. The van der Waals surface area contributed by atoms with Gasteiger partial charge in [-0.15, -0.1) is 0 Å². The molecule has 0 spiro atoms. The van der Waals surface area contributed by atoms with Crippen molar-refractivity contribution in [3.8, 4) is 0 Å². The first-order valence-corrected chi connectivity index (χ1v) is 9.24. The highest BCUT2D eigenvalue weighted by molar-refractivity contribution is 7.91. The van der Waals surface area contributed by atoms with Crippen LogP contribution in [-0.4, -0.2) is 68.9 Å². The molecule has 2 heterocycles. The van der Waals surface area contributed by atoms with Gasteiger partial charge in [-0.1, -0.05) is 0 Å². The van der Waals surface area contributed by atoms with E-state index in [-0.39, 0.29) is 23.5 Å². The Bertz CT molecular complexity index is 629. The van der Waals surface area contributed by atoms with Gasteiger partial charge in [-0.3, -0.25) is 4.79 Å². The number of sulfone groups is 1. The Labute approximate surface area is 132 Å². The molecule has 1 fully saturated rings. The van der Waals surface area contributed by atoms with Crippen LogP contribution in [0, 0.1) is 13.8 Å². The number of carbonyl (C=O) groups excluding carboxylic acids is 1. The number of rotatable bonds is 5. The molecule has 0 bridgehead atoms. The van der Waals surface area contributed by atoms with Gasteiger partial charge in [-0.2, -0.15) is 0 Å². The van der Waals surface area contributed by atoms with E-state index in [4.69, 9.17) is 4.42 Å². The molecule has 0 N–H and O–H groups in total. The van der Waals surface area contributed by atoms with Crippen LogP contribution in [0.5, 0.6) is 0 Å². The molecule has 1 aliphatic heterocycles. The third-order valence-electron chi connectivity index (χ3n) is 4.07. The van der Waals surface area contributed by atoms with Gasteiger partial charge in [0.1, 0.15) is 5.76 Å². The maximum atomic E-state index is 12.9. The molecule has 1 aliphatic rings. The lowest BCUT2D eigenvalue weighted by Gasteiger charge is -2.29. The molecule has 1 saturated heterocycles. The minimum Gasteiger partial charge on any atom is -0.469 e. The third-order valence-corrected chi connectivity index (χ3v) is 5.82. The summed E-state index contributed by atoms with van der Waals surface area (Å²) in [6, 6.07) is -0.244. The van der Waals surface area contributed by atoms with Crippen molar-refractivity contribution in [1.82, 2.24) is 9.80 Å². The summed E-state index contributed by atoms with van der Waals surface area (Å²) in [7, 11) is 0.833. The fraction of sp³-hybridized carbons (Fsp3) is 0.667. The summed E-state index contributed by atoms with van der Waals surface area (Å²) in [5.41, 5.74) is 1.35. The van der Waals surface area contributed by atoms with Crippen molar-refractivity contribution in [2.75, 3.05) is 38.7 Å². The van der Waals surface area contributed by atoms with E-state index in [0.717, 1.165) is 5.56 Å². The van der Waals surface area contributed by atoms with E-state index in [9.17, 15) is 13.2 Å². The normalized spacial score (nSPS) is 20.5. The number of likely N-dealkylation sites (N-methyl/N-ethyl adjacent to an activating group) is 1. The van der Waals surface area contributed by atoms with Gasteiger partial charge in [0.15, 0.2) is 9.84 Å². The van der Waals surface area contributed by atoms with E-state index in [2.05, 4.69) is 0 Å². The van der Waals surface area contributed by atoms with Crippen LogP contribution in [0.1, 0.15) is 28.1 Å². The van der Waals surface area contributed by atoms with Crippen molar-refractivity contribution in [3.63, 3.8) is 0 Å². The van der Waals surface area contributed by atoms with E-state index in [1.807, 2.05) is 25.9 Å². The second-order valence-corrected chi connectivity index (χ2v) is 8.44. The van der Waals surface area contributed by atoms with Crippen LogP contribution < -0.4 is 0 Å². The number of aryl methyl sites for hydroxylation is 2. The SMILES string of the molecule is Cc1coc(C)c1C(=O)N(CCN(C)C)C1CCS(=O)(=O)C1. The van der Waals surface area contributed by atoms with E-state index in [1.54, 1.807) is 18.1 Å². The number of carbonyl (C=O) groups is 1. The molecular formula is C15H24N2O4S. The van der Waals surface area contributed by atoms with Gasteiger partial charge in [0.25, 0.3) is 5.91 Å². The summed E-state index contributed by atoms with van der Waals surface area (Å²) in [5, 5.41) is 0. The van der Waals surface area contributed by atoms with Crippen molar-refractivity contribution in [3.05, 3.63) is 23.2 Å². The van der Waals surface area contributed by atoms with Crippen LogP contribution in [0.15, 0.2) is 10.7 Å². The smallest absolute Gasteiger partial charge is 0.257 e. The molecule has 124 valence electrons. The predicted octanol–water partition coefficient (Wildman–Crippen LogP) is 1.09. The molecule has 1 aromatic heterocycles. The van der Waals surface area contributed by atoms with Crippen LogP contribution in [0.2, 0.25) is 0 Å². The van der Waals surface area contributed by atoms with Crippen molar-refractivity contribution >= 4 is 15.7 Å². The van der Waals surface area contributed by atoms with Gasteiger partial charge in [0, 0.05) is 24.7 Å². The van der Waals surface area contributed by atoms with Gasteiger partial charge in [0.05, 0.1) is 23.3 Å². The van der Waals surface area contributed by atoms with Gasteiger partial charge < -0.3 is 14.2 Å². The lowest BCUT2D eigenvalue weighted by Crippen LogP contribution is -2.44. The molecule has 0 aromatic carbocycles. The minimum absolute atomic E-state index is 0.0577. The Balaban J connectivity index is 2.26. The van der Waals surface area contributed by atoms with E-state index < -0.39 is 9.84 Å². The molecule has 7 heteroatoms. The van der Waals surface area contributed by atoms with Crippen LogP contribution in [0.3, 0.4) is 0 Å².